The second kappa shape index (κ2) is 8.96. The first-order valence-corrected chi connectivity index (χ1v) is 12.0. The molecule has 1 aliphatic heterocycles. The zero-order chi connectivity index (χ0) is 24.6. The van der Waals surface area contributed by atoms with E-state index in [2.05, 4.69) is 45.9 Å². The summed E-state index contributed by atoms with van der Waals surface area (Å²) in [6.45, 7) is 5.03. The van der Waals surface area contributed by atoms with Crippen molar-refractivity contribution in [1.29, 1.82) is 0 Å². The van der Waals surface area contributed by atoms with Gasteiger partial charge in [-0.15, -0.1) is 0 Å². The molecule has 8 nitrogen and oxygen atoms in total. The van der Waals surface area contributed by atoms with E-state index in [1.54, 1.807) is 0 Å². The van der Waals surface area contributed by atoms with Gasteiger partial charge in [0.25, 0.3) is 0 Å². The van der Waals surface area contributed by atoms with E-state index in [-0.39, 0.29) is 0 Å². The van der Waals surface area contributed by atoms with Gasteiger partial charge in [-0.25, -0.2) is 9.78 Å². The van der Waals surface area contributed by atoms with Crippen LogP contribution in [0, 0.1) is 0 Å². The van der Waals surface area contributed by atoms with Gasteiger partial charge in [0.2, 0.25) is 0 Å². The summed E-state index contributed by atoms with van der Waals surface area (Å²) in [7, 11) is 0. The van der Waals surface area contributed by atoms with E-state index in [1.165, 1.54) is 0 Å². The van der Waals surface area contributed by atoms with Crippen molar-refractivity contribution >= 4 is 22.2 Å². The number of ether oxygens (including phenoxy) is 1. The summed E-state index contributed by atoms with van der Waals surface area (Å²) < 4.78 is 13.2. The van der Waals surface area contributed by atoms with Crippen molar-refractivity contribution < 1.29 is 9.26 Å². The third-order valence-corrected chi connectivity index (χ3v) is 6.52. The van der Waals surface area contributed by atoms with E-state index in [9.17, 15) is 4.79 Å². The summed E-state index contributed by atoms with van der Waals surface area (Å²) in [5.74, 6) is 1.61. The lowest BCUT2D eigenvalue weighted by Gasteiger charge is -2.14. The van der Waals surface area contributed by atoms with E-state index in [1.807, 2.05) is 43.3 Å². The molecule has 0 bridgehead atoms. The van der Waals surface area contributed by atoms with E-state index in [0.29, 0.717) is 19.0 Å². The van der Waals surface area contributed by atoms with Crippen molar-refractivity contribution in [2.24, 2.45) is 0 Å². The maximum Gasteiger partial charge on any atom is 0.439 e. The van der Waals surface area contributed by atoms with E-state index in [0.717, 1.165) is 69.1 Å². The van der Waals surface area contributed by atoms with Crippen molar-refractivity contribution in [1.82, 2.24) is 24.7 Å². The summed E-state index contributed by atoms with van der Waals surface area (Å²) in [4.78, 5) is 24.2. The second-order valence-corrected chi connectivity index (χ2v) is 8.88. The van der Waals surface area contributed by atoms with Gasteiger partial charge in [-0.1, -0.05) is 48.5 Å². The molecule has 0 saturated carbocycles. The number of H-pyrrole nitrogens is 1. The smallest absolute Gasteiger partial charge is 0.439 e. The molecular formula is C28H25N5O3. The normalized spacial score (nSPS) is 14.2. The number of para-hydroxylation sites is 3. The molecule has 0 aliphatic carbocycles. The molecule has 1 N–H and O–H groups in total. The van der Waals surface area contributed by atoms with Crippen molar-refractivity contribution in [3.05, 3.63) is 105 Å². The molecular weight excluding hydrogens is 454 g/mol. The minimum absolute atomic E-state index is 0.332. The number of nitrogens with one attached hydrogen (secondary N) is 1. The fraction of sp³-hybridized carbons (Fsp3) is 0.214. The monoisotopic (exact) mass is 479 g/mol. The highest BCUT2D eigenvalue weighted by atomic mass is 16.5. The van der Waals surface area contributed by atoms with Gasteiger partial charge in [-0.05, 0) is 37.6 Å². The summed E-state index contributed by atoms with van der Waals surface area (Å²) in [5.41, 5.74) is 7.39. The minimum atomic E-state index is -0.591. The first-order chi connectivity index (χ1) is 17.6. The predicted molar refractivity (Wildman–Crippen MR) is 137 cm³/mol. The van der Waals surface area contributed by atoms with Gasteiger partial charge in [-0.3, -0.25) is 14.5 Å². The van der Waals surface area contributed by atoms with Crippen molar-refractivity contribution in [3.63, 3.8) is 0 Å². The Labute approximate surface area is 207 Å². The molecule has 5 aromatic rings. The van der Waals surface area contributed by atoms with Crippen LogP contribution in [0.1, 0.15) is 54.4 Å². The molecule has 6 rings (SSSR count). The van der Waals surface area contributed by atoms with Gasteiger partial charge in [0.15, 0.2) is 5.82 Å². The van der Waals surface area contributed by atoms with Crippen LogP contribution >= 0.6 is 0 Å². The molecule has 36 heavy (non-hydrogen) atoms. The number of rotatable bonds is 5. The maximum absolute atomic E-state index is 11.6. The number of hydrogen-bond donors (Lipinski definition) is 1. The lowest BCUT2D eigenvalue weighted by molar-refractivity contribution is 0.302. The Morgan fingerprint density at radius 2 is 1.86 bits per heavy atom. The molecule has 0 fully saturated rings. The van der Waals surface area contributed by atoms with Crippen LogP contribution in [0.3, 0.4) is 0 Å². The summed E-state index contributed by atoms with van der Waals surface area (Å²) in [6.07, 6.45) is 1.92. The van der Waals surface area contributed by atoms with Crippen molar-refractivity contribution in [3.8, 4) is 5.75 Å². The van der Waals surface area contributed by atoms with Crippen molar-refractivity contribution in [2.45, 2.75) is 39.8 Å². The lowest BCUT2D eigenvalue weighted by Crippen LogP contribution is -2.09. The highest BCUT2D eigenvalue weighted by Gasteiger charge is 2.24. The minimum Gasteiger partial charge on any atom is -0.487 e. The zero-order valence-corrected chi connectivity index (χ0v) is 20.1. The number of aryl methyl sites for hydroxylation is 1. The molecule has 1 aliphatic rings. The van der Waals surface area contributed by atoms with Gasteiger partial charge in [0.05, 0.1) is 29.0 Å². The van der Waals surface area contributed by atoms with Crippen molar-refractivity contribution in [2.75, 3.05) is 0 Å². The average molecular weight is 480 g/mol. The second-order valence-electron chi connectivity index (χ2n) is 8.88. The largest absolute Gasteiger partial charge is 0.487 e. The molecule has 0 radical (unpaired) electrons. The molecule has 0 unspecified atom stereocenters. The Morgan fingerprint density at radius 1 is 1.03 bits per heavy atom. The summed E-state index contributed by atoms with van der Waals surface area (Å²) >= 11 is 0. The lowest BCUT2D eigenvalue weighted by atomic mass is 9.92. The maximum atomic E-state index is 11.6. The Hall–Kier alpha value is -4.46. The van der Waals surface area contributed by atoms with Gasteiger partial charge in [-0.2, -0.15) is 0 Å². The van der Waals surface area contributed by atoms with Crippen LogP contribution in [-0.4, -0.2) is 24.7 Å². The Morgan fingerprint density at radius 3 is 2.69 bits per heavy atom. The number of allylic oxidation sites excluding steroid dienone is 1. The Balaban J connectivity index is 1.47. The number of aromatic amines is 1. The fourth-order valence-electron chi connectivity index (χ4n) is 4.85. The van der Waals surface area contributed by atoms with Crippen LogP contribution in [0.15, 0.2) is 70.0 Å². The third kappa shape index (κ3) is 3.80. The highest BCUT2D eigenvalue weighted by Crippen LogP contribution is 2.40. The topological polar surface area (TPSA) is 98.8 Å². The van der Waals surface area contributed by atoms with Crippen LogP contribution in [-0.2, 0) is 19.6 Å². The molecule has 4 heterocycles. The van der Waals surface area contributed by atoms with E-state index >= 15 is 0 Å². The van der Waals surface area contributed by atoms with Gasteiger partial charge in [0, 0.05) is 28.7 Å². The van der Waals surface area contributed by atoms with Gasteiger partial charge in [0.1, 0.15) is 18.2 Å². The number of hydrogen-bond acceptors (Lipinski definition) is 6. The highest BCUT2D eigenvalue weighted by molar-refractivity contribution is 5.99. The molecule has 0 atom stereocenters. The van der Waals surface area contributed by atoms with Gasteiger partial charge < -0.3 is 9.30 Å². The first kappa shape index (κ1) is 22.0. The molecule has 8 heteroatoms. The first-order valence-electron chi connectivity index (χ1n) is 12.0. The number of nitrogens with zero attached hydrogens (tertiary/aromatic N) is 4. The number of pyridine rings is 1. The Bertz CT molecular complexity index is 1670. The molecule has 0 spiro atoms. The zero-order valence-electron chi connectivity index (χ0n) is 20.1. The molecule has 0 saturated heterocycles. The average Bonchev–Trinajstić information content (AvgIpc) is 3.43. The number of aromatic nitrogens is 5. The summed E-state index contributed by atoms with van der Waals surface area (Å²) in [5, 5.41) is 3.92. The number of imidazole rings is 1. The molecule has 3 aromatic heterocycles. The predicted octanol–water partition coefficient (Wildman–Crippen LogP) is 4.98. The molecule has 2 aromatic carbocycles. The standard InChI is InChI=1S/C28H25N5O3/c1-3-8-25-30-21-10-5-6-11-23(21)33(25)15-18-13-14-19-22(29-18)16-35-24-12-7-4-9-20(24)26(19)17(2)27-31-28(34)36-32-27/h4-7,9-14H,3,8,15-16H2,1-2H3,(H,31,32,34)/b26-17+. The molecule has 0 amide bonds. The van der Waals surface area contributed by atoms with Crippen LogP contribution in [0.4, 0.5) is 0 Å². The number of fused-ring (bicyclic) bond motifs is 3. The fourth-order valence-corrected chi connectivity index (χ4v) is 4.85. The molecule has 180 valence electrons. The van der Waals surface area contributed by atoms with E-state index in [4.69, 9.17) is 19.2 Å². The quantitative estimate of drug-likeness (QED) is 0.382. The van der Waals surface area contributed by atoms with E-state index < -0.39 is 5.76 Å². The SMILES string of the molecule is CCCc1nc2ccccc2n1Cc1ccc2c(n1)COc1ccccc1/C2=C(\C)c1noc(=O)[nH]1. The van der Waals surface area contributed by atoms with Crippen LogP contribution in [0.25, 0.3) is 22.2 Å². The third-order valence-electron chi connectivity index (χ3n) is 6.52. The van der Waals surface area contributed by atoms with Crippen LogP contribution in [0.5, 0.6) is 5.75 Å². The van der Waals surface area contributed by atoms with Crippen LogP contribution in [0.2, 0.25) is 0 Å². The number of benzene rings is 2. The van der Waals surface area contributed by atoms with Gasteiger partial charge >= 0.3 is 5.76 Å². The Kier molecular flexibility index (Phi) is 5.48. The van der Waals surface area contributed by atoms with Crippen LogP contribution < -0.4 is 10.5 Å². The summed E-state index contributed by atoms with van der Waals surface area (Å²) in [6, 6.07) is 20.2.